The molecule has 26 heavy (non-hydrogen) atoms. The number of hydrogen-bond acceptors (Lipinski definition) is 7. The van der Waals surface area contributed by atoms with Crippen LogP contribution in [0.1, 0.15) is 35.2 Å². The third-order valence-corrected chi connectivity index (χ3v) is 6.51. The second-order valence-corrected chi connectivity index (χ2v) is 8.58. The van der Waals surface area contributed by atoms with Gasteiger partial charge in [0.1, 0.15) is 6.10 Å². The minimum absolute atomic E-state index is 0.376. The van der Waals surface area contributed by atoms with E-state index in [0.717, 1.165) is 76.1 Å². The molecule has 140 valence electrons. The van der Waals surface area contributed by atoms with Crippen LogP contribution in [0.2, 0.25) is 0 Å². The van der Waals surface area contributed by atoms with Crippen molar-refractivity contribution >= 4 is 16.5 Å². The number of nitrogens with zero attached hydrogens (tertiary/aromatic N) is 5. The van der Waals surface area contributed by atoms with Gasteiger partial charge in [-0.1, -0.05) is 0 Å². The molecule has 0 aromatic carbocycles. The molecule has 4 heterocycles. The zero-order chi connectivity index (χ0) is 17.5. The van der Waals surface area contributed by atoms with E-state index in [9.17, 15) is 5.11 Å². The molecular formula is C18H25N5O2S. The number of fused-ring (bicyclic) bond motifs is 1. The normalized spacial score (nSPS) is 22.4. The lowest BCUT2D eigenvalue weighted by atomic mass is 10.1. The van der Waals surface area contributed by atoms with Crippen LogP contribution in [0.25, 0.3) is 0 Å². The van der Waals surface area contributed by atoms with Crippen molar-refractivity contribution in [3.63, 3.8) is 0 Å². The first-order chi connectivity index (χ1) is 12.8. The maximum absolute atomic E-state index is 10.3. The van der Waals surface area contributed by atoms with Gasteiger partial charge < -0.3 is 14.7 Å². The molecule has 2 fully saturated rings. The van der Waals surface area contributed by atoms with Crippen molar-refractivity contribution in [1.82, 2.24) is 19.7 Å². The molecule has 7 nitrogen and oxygen atoms in total. The lowest BCUT2D eigenvalue weighted by Crippen LogP contribution is -2.36. The Balaban J connectivity index is 1.23. The highest BCUT2D eigenvalue weighted by Gasteiger charge is 2.33. The van der Waals surface area contributed by atoms with Gasteiger partial charge in [-0.2, -0.15) is 5.10 Å². The van der Waals surface area contributed by atoms with Crippen LogP contribution in [0, 0.1) is 5.92 Å². The smallest absolute Gasteiger partial charge is 0.185 e. The van der Waals surface area contributed by atoms with Gasteiger partial charge in [-0.05, 0) is 24.8 Å². The van der Waals surface area contributed by atoms with Crippen LogP contribution in [0.3, 0.4) is 0 Å². The van der Waals surface area contributed by atoms with Crippen LogP contribution >= 0.6 is 11.3 Å². The molecule has 5 rings (SSSR count). The van der Waals surface area contributed by atoms with E-state index in [1.807, 2.05) is 6.20 Å². The first-order valence-electron chi connectivity index (χ1n) is 9.51. The summed E-state index contributed by atoms with van der Waals surface area (Å²) in [5, 5.41) is 16.1. The number of aliphatic hydroxyl groups excluding tert-OH is 1. The van der Waals surface area contributed by atoms with Crippen LogP contribution in [0.15, 0.2) is 12.3 Å². The number of anilines is 1. The Morgan fingerprint density at radius 1 is 1.23 bits per heavy atom. The summed E-state index contributed by atoms with van der Waals surface area (Å²) < 4.78 is 7.49. The van der Waals surface area contributed by atoms with E-state index in [1.165, 1.54) is 10.6 Å². The summed E-state index contributed by atoms with van der Waals surface area (Å²) >= 11 is 1.79. The quantitative estimate of drug-likeness (QED) is 0.857. The molecule has 1 atom stereocenters. The predicted octanol–water partition coefficient (Wildman–Crippen LogP) is 1.64. The standard InChI is InChI=1S/C18H25N5O2S/c24-17(13-1-2-13)16-9-14-11-21(3-4-23(14)20-16)12-15-10-19-18(26-15)22-5-7-25-8-6-22/h9-10,13,17,24H,1-8,11-12H2/t17-/m1/s1. The van der Waals surface area contributed by atoms with Crippen LogP contribution < -0.4 is 4.90 Å². The van der Waals surface area contributed by atoms with Crippen LogP contribution in [0.5, 0.6) is 0 Å². The SMILES string of the molecule is O[C@@H](c1cc2n(n1)CCN(Cc1cnc(N3CCOCC3)s1)C2)C1CC1. The maximum atomic E-state index is 10.3. The third kappa shape index (κ3) is 3.38. The predicted molar refractivity (Wildman–Crippen MR) is 99.2 cm³/mol. The van der Waals surface area contributed by atoms with Crippen molar-refractivity contribution in [2.24, 2.45) is 5.92 Å². The van der Waals surface area contributed by atoms with Gasteiger partial charge in [-0.25, -0.2) is 4.98 Å². The van der Waals surface area contributed by atoms with Gasteiger partial charge in [0.2, 0.25) is 0 Å². The number of aromatic nitrogens is 3. The summed E-state index contributed by atoms with van der Waals surface area (Å²) in [5.41, 5.74) is 2.07. The molecule has 0 unspecified atom stereocenters. The topological polar surface area (TPSA) is 66.7 Å². The third-order valence-electron chi connectivity index (χ3n) is 5.47. The van der Waals surface area contributed by atoms with Crippen molar-refractivity contribution < 1.29 is 9.84 Å². The molecule has 2 aromatic heterocycles. The molecule has 1 aliphatic carbocycles. The summed E-state index contributed by atoms with van der Waals surface area (Å²) in [5.74, 6) is 0.429. The zero-order valence-electron chi connectivity index (χ0n) is 14.9. The first kappa shape index (κ1) is 16.7. The summed E-state index contributed by atoms with van der Waals surface area (Å²) in [6.07, 6.45) is 3.90. The fraction of sp³-hybridized carbons (Fsp3) is 0.667. The van der Waals surface area contributed by atoms with Crippen molar-refractivity contribution in [2.45, 2.75) is 38.6 Å². The van der Waals surface area contributed by atoms with E-state index in [0.29, 0.717) is 5.92 Å². The molecule has 1 saturated heterocycles. The number of rotatable bonds is 5. The average Bonchev–Trinajstić information content (AvgIpc) is 3.27. The number of thiazole rings is 1. The van der Waals surface area contributed by atoms with E-state index in [4.69, 9.17) is 4.74 Å². The molecular weight excluding hydrogens is 350 g/mol. The molecule has 2 aromatic rings. The van der Waals surface area contributed by atoms with E-state index in [2.05, 4.69) is 30.6 Å². The second-order valence-electron chi connectivity index (χ2n) is 7.49. The lowest BCUT2D eigenvalue weighted by molar-refractivity contribution is 0.122. The molecule has 8 heteroatoms. The Hall–Kier alpha value is -1.48. The Kier molecular flexibility index (Phi) is 4.44. The van der Waals surface area contributed by atoms with Gasteiger partial charge in [0.25, 0.3) is 0 Å². The van der Waals surface area contributed by atoms with Crippen molar-refractivity contribution in [3.8, 4) is 0 Å². The summed E-state index contributed by atoms with van der Waals surface area (Å²) in [7, 11) is 0. The van der Waals surface area contributed by atoms with Gasteiger partial charge in [-0.3, -0.25) is 9.58 Å². The number of aliphatic hydroxyl groups is 1. The fourth-order valence-corrected chi connectivity index (χ4v) is 4.77. The molecule has 3 aliphatic rings. The zero-order valence-corrected chi connectivity index (χ0v) is 15.7. The molecule has 0 amide bonds. The lowest BCUT2D eigenvalue weighted by Gasteiger charge is -2.27. The minimum Gasteiger partial charge on any atom is -0.386 e. The van der Waals surface area contributed by atoms with E-state index >= 15 is 0 Å². The molecule has 2 aliphatic heterocycles. The summed E-state index contributed by atoms with van der Waals surface area (Å²) in [4.78, 5) is 10.7. The summed E-state index contributed by atoms with van der Waals surface area (Å²) in [6.45, 7) is 7.13. The molecule has 0 spiro atoms. The van der Waals surface area contributed by atoms with Crippen LogP contribution in [0.4, 0.5) is 5.13 Å². The number of ether oxygens (including phenoxy) is 1. The van der Waals surface area contributed by atoms with Gasteiger partial charge in [-0.15, -0.1) is 11.3 Å². The van der Waals surface area contributed by atoms with Crippen molar-refractivity contribution in [3.05, 3.63) is 28.5 Å². The highest BCUT2D eigenvalue weighted by atomic mass is 32.1. The molecule has 1 saturated carbocycles. The Bertz CT molecular complexity index is 765. The van der Waals surface area contributed by atoms with Crippen LogP contribution in [-0.4, -0.2) is 57.6 Å². The first-order valence-corrected chi connectivity index (χ1v) is 10.3. The fourth-order valence-electron chi connectivity index (χ4n) is 3.77. The Morgan fingerprint density at radius 3 is 2.88 bits per heavy atom. The monoisotopic (exact) mass is 375 g/mol. The van der Waals surface area contributed by atoms with Gasteiger partial charge in [0.15, 0.2) is 5.13 Å². The van der Waals surface area contributed by atoms with Gasteiger partial charge in [0, 0.05) is 43.8 Å². The highest BCUT2D eigenvalue weighted by Crippen LogP contribution is 2.40. The van der Waals surface area contributed by atoms with E-state index in [-0.39, 0.29) is 6.10 Å². The minimum atomic E-state index is -0.376. The van der Waals surface area contributed by atoms with E-state index < -0.39 is 0 Å². The number of morpholine rings is 1. The average molecular weight is 375 g/mol. The van der Waals surface area contributed by atoms with Crippen molar-refractivity contribution in [1.29, 1.82) is 0 Å². The van der Waals surface area contributed by atoms with Gasteiger partial charge >= 0.3 is 0 Å². The Morgan fingerprint density at radius 2 is 2.08 bits per heavy atom. The van der Waals surface area contributed by atoms with Crippen LogP contribution in [-0.2, 0) is 24.4 Å². The molecule has 0 radical (unpaired) electrons. The second kappa shape index (κ2) is 6.92. The molecule has 0 bridgehead atoms. The Labute approximate surface area is 157 Å². The van der Waals surface area contributed by atoms with E-state index in [1.54, 1.807) is 11.3 Å². The largest absolute Gasteiger partial charge is 0.386 e. The number of hydrogen-bond donors (Lipinski definition) is 1. The van der Waals surface area contributed by atoms with Gasteiger partial charge in [0.05, 0.1) is 31.1 Å². The maximum Gasteiger partial charge on any atom is 0.185 e. The highest BCUT2D eigenvalue weighted by molar-refractivity contribution is 7.15. The summed E-state index contributed by atoms with van der Waals surface area (Å²) in [6, 6.07) is 2.10. The van der Waals surface area contributed by atoms with Crippen molar-refractivity contribution in [2.75, 3.05) is 37.7 Å². The molecule has 1 N–H and O–H groups in total.